The van der Waals surface area contributed by atoms with Crippen LogP contribution in [0.1, 0.15) is 39.5 Å². The quantitative estimate of drug-likeness (QED) is 0.773. The van der Waals surface area contributed by atoms with Crippen LogP contribution in [0.2, 0.25) is 0 Å². The molecule has 0 heterocycles. The van der Waals surface area contributed by atoms with Crippen LogP contribution in [0.25, 0.3) is 0 Å². The molecular weight excluding hydrogens is 198 g/mol. The van der Waals surface area contributed by atoms with Crippen molar-refractivity contribution in [1.29, 1.82) is 0 Å². The Labute approximate surface area is 101 Å². The van der Waals surface area contributed by atoms with Crippen molar-refractivity contribution in [3.63, 3.8) is 0 Å². The van der Waals surface area contributed by atoms with Crippen molar-refractivity contribution in [3.8, 4) is 0 Å². The van der Waals surface area contributed by atoms with Gasteiger partial charge in [-0.2, -0.15) is 0 Å². The van der Waals surface area contributed by atoms with Gasteiger partial charge >= 0.3 is 0 Å². The molecule has 1 rings (SSSR count). The normalized spacial score (nSPS) is 27.0. The van der Waals surface area contributed by atoms with Gasteiger partial charge in [0.1, 0.15) is 0 Å². The summed E-state index contributed by atoms with van der Waals surface area (Å²) in [5, 5.41) is 0. The van der Waals surface area contributed by atoms with Crippen LogP contribution >= 0.6 is 0 Å². The summed E-state index contributed by atoms with van der Waals surface area (Å²) in [6.45, 7) is 6.38. The van der Waals surface area contributed by atoms with Gasteiger partial charge in [0, 0.05) is 31.2 Å². The van der Waals surface area contributed by atoms with Crippen molar-refractivity contribution in [2.45, 2.75) is 57.7 Å². The predicted octanol–water partition coefficient (Wildman–Crippen LogP) is 1.53. The third kappa shape index (κ3) is 3.44. The second kappa shape index (κ2) is 6.58. The van der Waals surface area contributed by atoms with Crippen molar-refractivity contribution in [1.82, 2.24) is 9.80 Å². The zero-order valence-corrected chi connectivity index (χ0v) is 11.4. The molecule has 3 heteroatoms. The third-order valence-electron chi connectivity index (χ3n) is 3.83. The van der Waals surface area contributed by atoms with Gasteiger partial charge < -0.3 is 10.6 Å². The molecule has 0 aromatic rings. The smallest absolute Gasteiger partial charge is 0.0254 e. The van der Waals surface area contributed by atoms with Gasteiger partial charge in [0.2, 0.25) is 0 Å². The highest BCUT2D eigenvalue weighted by atomic mass is 15.2. The first-order chi connectivity index (χ1) is 7.57. The molecule has 0 saturated heterocycles. The first kappa shape index (κ1) is 13.9. The molecule has 0 spiro atoms. The number of rotatable bonds is 5. The van der Waals surface area contributed by atoms with Crippen molar-refractivity contribution < 1.29 is 0 Å². The Kier molecular flexibility index (Phi) is 5.73. The fourth-order valence-electron chi connectivity index (χ4n) is 3.04. The topological polar surface area (TPSA) is 32.5 Å². The van der Waals surface area contributed by atoms with E-state index in [9.17, 15) is 0 Å². The van der Waals surface area contributed by atoms with E-state index in [1.165, 1.54) is 25.7 Å². The molecule has 0 aromatic heterocycles. The summed E-state index contributed by atoms with van der Waals surface area (Å²) < 4.78 is 0. The lowest BCUT2D eigenvalue weighted by Gasteiger charge is -2.44. The molecule has 0 amide bonds. The highest BCUT2D eigenvalue weighted by Gasteiger charge is 2.32. The molecule has 1 fully saturated rings. The fourth-order valence-corrected chi connectivity index (χ4v) is 3.04. The molecule has 3 nitrogen and oxygen atoms in total. The summed E-state index contributed by atoms with van der Waals surface area (Å²) in [6.07, 6.45) is 5.43. The summed E-state index contributed by atoms with van der Waals surface area (Å²) in [5.41, 5.74) is 5.74. The van der Waals surface area contributed by atoms with Crippen LogP contribution in [0.15, 0.2) is 0 Å². The number of hydrogen-bond acceptors (Lipinski definition) is 3. The first-order valence-electron chi connectivity index (χ1n) is 6.70. The van der Waals surface area contributed by atoms with E-state index in [-0.39, 0.29) is 0 Å². The van der Waals surface area contributed by atoms with Gasteiger partial charge in [-0.3, -0.25) is 4.90 Å². The largest absolute Gasteiger partial charge is 0.329 e. The van der Waals surface area contributed by atoms with Gasteiger partial charge in [0.15, 0.2) is 0 Å². The Morgan fingerprint density at radius 1 is 1.12 bits per heavy atom. The minimum absolute atomic E-state index is 0.606. The Morgan fingerprint density at radius 3 is 2.12 bits per heavy atom. The summed E-state index contributed by atoms with van der Waals surface area (Å²) in [6, 6.07) is 2.02. The average molecular weight is 227 g/mol. The molecule has 1 saturated carbocycles. The fraction of sp³-hybridized carbons (Fsp3) is 1.00. The van der Waals surface area contributed by atoms with E-state index in [1.54, 1.807) is 0 Å². The molecule has 1 aliphatic carbocycles. The highest BCUT2D eigenvalue weighted by molar-refractivity contribution is 4.89. The molecule has 0 radical (unpaired) electrons. The molecule has 0 bridgehead atoms. The van der Waals surface area contributed by atoms with Crippen LogP contribution < -0.4 is 5.73 Å². The summed E-state index contributed by atoms with van der Waals surface area (Å²) in [5.74, 6) is 0. The second-order valence-corrected chi connectivity index (χ2v) is 5.50. The van der Waals surface area contributed by atoms with Crippen LogP contribution in [-0.2, 0) is 0 Å². The first-order valence-corrected chi connectivity index (χ1v) is 6.70. The van der Waals surface area contributed by atoms with Gasteiger partial charge in [-0.05, 0) is 40.8 Å². The third-order valence-corrected chi connectivity index (χ3v) is 3.83. The summed E-state index contributed by atoms with van der Waals surface area (Å²) in [7, 11) is 4.42. The van der Waals surface area contributed by atoms with Crippen LogP contribution in [0.4, 0.5) is 0 Å². The van der Waals surface area contributed by atoms with E-state index < -0.39 is 0 Å². The van der Waals surface area contributed by atoms with E-state index in [0.29, 0.717) is 18.1 Å². The summed E-state index contributed by atoms with van der Waals surface area (Å²) >= 11 is 0. The zero-order valence-electron chi connectivity index (χ0n) is 11.4. The lowest BCUT2D eigenvalue weighted by molar-refractivity contribution is 0.0547. The molecule has 16 heavy (non-hydrogen) atoms. The van der Waals surface area contributed by atoms with Crippen molar-refractivity contribution in [3.05, 3.63) is 0 Å². The lowest BCUT2D eigenvalue weighted by atomic mass is 9.87. The van der Waals surface area contributed by atoms with Crippen LogP contribution in [0.3, 0.4) is 0 Å². The molecule has 0 unspecified atom stereocenters. The monoisotopic (exact) mass is 227 g/mol. The van der Waals surface area contributed by atoms with Crippen LogP contribution in [-0.4, -0.2) is 55.1 Å². The Morgan fingerprint density at radius 2 is 1.69 bits per heavy atom. The van der Waals surface area contributed by atoms with Crippen molar-refractivity contribution in [2.24, 2.45) is 5.73 Å². The van der Waals surface area contributed by atoms with Crippen LogP contribution in [0.5, 0.6) is 0 Å². The Bertz CT molecular complexity index is 192. The average Bonchev–Trinajstić information content (AvgIpc) is 2.25. The second-order valence-electron chi connectivity index (χ2n) is 5.50. The van der Waals surface area contributed by atoms with Gasteiger partial charge in [-0.25, -0.2) is 0 Å². The highest BCUT2D eigenvalue weighted by Crippen LogP contribution is 2.27. The minimum atomic E-state index is 0.606. The molecule has 2 atom stereocenters. The Hall–Kier alpha value is -0.120. The van der Waals surface area contributed by atoms with E-state index in [1.807, 2.05) is 0 Å². The van der Waals surface area contributed by atoms with Gasteiger partial charge in [-0.15, -0.1) is 0 Å². The van der Waals surface area contributed by atoms with Gasteiger partial charge in [0.25, 0.3) is 0 Å². The molecule has 96 valence electrons. The maximum atomic E-state index is 5.74. The number of hydrogen-bond donors (Lipinski definition) is 1. The standard InChI is InChI=1S/C13H29N3/c1-11(2)16(10-9-14)13-8-6-5-7-12(13)15(3)4/h11-13H,5-10,14H2,1-4H3/t12-,13+/m1/s1. The lowest BCUT2D eigenvalue weighted by Crippen LogP contribution is -2.54. The number of nitrogens with two attached hydrogens (primary N) is 1. The van der Waals surface area contributed by atoms with Crippen molar-refractivity contribution >= 4 is 0 Å². The predicted molar refractivity (Wildman–Crippen MR) is 70.6 cm³/mol. The van der Waals surface area contributed by atoms with Gasteiger partial charge in [0.05, 0.1) is 0 Å². The molecule has 0 aromatic carbocycles. The zero-order chi connectivity index (χ0) is 12.1. The minimum Gasteiger partial charge on any atom is -0.329 e. The van der Waals surface area contributed by atoms with E-state index in [0.717, 1.165) is 13.1 Å². The van der Waals surface area contributed by atoms with E-state index in [4.69, 9.17) is 5.73 Å². The SMILES string of the molecule is CC(C)N(CCN)[C@H]1CCCC[C@H]1N(C)C. The molecule has 0 aliphatic heterocycles. The molecular formula is C13H29N3. The Balaban J connectivity index is 2.70. The number of nitrogens with zero attached hydrogens (tertiary/aromatic N) is 2. The molecule has 1 aliphatic rings. The maximum Gasteiger partial charge on any atom is 0.0254 e. The van der Waals surface area contributed by atoms with Crippen LogP contribution in [0, 0.1) is 0 Å². The summed E-state index contributed by atoms with van der Waals surface area (Å²) in [4.78, 5) is 5.00. The van der Waals surface area contributed by atoms with E-state index >= 15 is 0 Å². The maximum absolute atomic E-state index is 5.74. The van der Waals surface area contributed by atoms with Gasteiger partial charge in [-0.1, -0.05) is 12.8 Å². The van der Waals surface area contributed by atoms with E-state index in [2.05, 4.69) is 37.7 Å². The van der Waals surface area contributed by atoms with Crippen molar-refractivity contribution in [2.75, 3.05) is 27.2 Å². The molecule has 2 N–H and O–H groups in total. The number of likely N-dealkylation sites (N-methyl/N-ethyl adjacent to an activating group) is 1.